The Balaban J connectivity index is 1.86. The fourth-order valence-corrected chi connectivity index (χ4v) is 2.82. The lowest BCUT2D eigenvalue weighted by Gasteiger charge is -2.32. The highest BCUT2D eigenvalue weighted by Gasteiger charge is 2.24. The van der Waals surface area contributed by atoms with Crippen LogP contribution in [0.5, 0.6) is 0 Å². The molecule has 0 spiro atoms. The van der Waals surface area contributed by atoms with Gasteiger partial charge < -0.3 is 15.0 Å². The third-order valence-corrected chi connectivity index (χ3v) is 3.89. The van der Waals surface area contributed by atoms with E-state index in [0.29, 0.717) is 30.5 Å². The lowest BCUT2D eigenvalue weighted by Crippen LogP contribution is -2.42. The van der Waals surface area contributed by atoms with E-state index in [1.54, 1.807) is 11.1 Å². The number of aromatic nitrogens is 1. The van der Waals surface area contributed by atoms with Crippen LogP contribution < -0.4 is 5.32 Å². The summed E-state index contributed by atoms with van der Waals surface area (Å²) in [5.74, 6) is 0.685. The minimum Gasteiger partial charge on any atom is -0.450 e. The van der Waals surface area contributed by atoms with Crippen LogP contribution >= 0.6 is 27.5 Å². The predicted molar refractivity (Wildman–Crippen MR) is 82.2 cm³/mol. The van der Waals surface area contributed by atoms with Crippen LogP contribution in [-0.2, 0) is 4.74 Å². The Hall–Kier alpha value is -1.01. The first-order chi connectivity index (χ1) is 9.60. The second kappa shape index (κ2) is 7.13. The number of nitrogens with zero attached hydrogens (tertiary/aromatic N) is 2. The van der Waals surface area contributed by atoms with Crippen molar-refractivity contribution in [1.29, 1.82) is 0 Å². The maximum atomic E-state index is 11.6. The Morgan fingerprint density at radius 1 is 1.60 bits per heavy atom. The van der Waals surface area contributed by atoms with E-state index in [-0.39, 0.29) is 12.1 Å². The lowest BCUT2D eigenvalue weighted by atomic mass is 10.1. The van der Waals surface area contributed by atoms with Crippen molar-refractivity contribution in [3.63, 3.8) is 0 Å². The van der Waals surface area contributed by atoms with Crippen LogP contribution in [0.4, 0.5) is 10.6 Å². The topological polar surface area (TPSA) is 54.5 Å². The molecule has 0 bridgehead atoms. The third kappa shape index (κ3) is 3.99. The summed E-state index contributed by atoms with van der Waals surface area (Å²) in [7, 11) is 0. The van der Waals surface area contributed by atoms with Crippen molar-refractivity contribution in [2.45, 2.75) is 25.8 Å². The molecule has 0 aliphatic carbocycles. The summed E-state index contributed by atoms with van der Waals surface area (Å²) in [5.41, 5.74) is 0. The molecule has 1 aromatic rings. The molecule has 1 aromatic heterocycles. The van der Waals surface area contributed by atoms with Gasteiger partial charge >= 0.3 is 6.09 Å². The number of halogens is 2. The van der Waals surface area contributed by atoms with Gasteiger partial charge in [0.25, 0.3) is 0 Å². The molecule has 1 aliphatic heterocycles. The molecular formula is C13H17BrClN3O2. The normalized spacial score (nSPS) is 16.1. The van der Waals surface area contributed by atoms with Crippen LogP contribution in [0.25, 0.3) is 0 Å². The summed E-state index contributed by atoms with van der Waals surface area (Å²) in [4.78, 5) is 17.6. The molecule has 20 heavy (non-hydrogen) atoms. The number of amides is 1. The van der Waals surface area contributed by atoms with Crippen LogP contribution in [0.3, 0.4) is 0 Å². The van der Waals surface area contributed by atoms with Gasteiger partial charge in [0.1, 0.15) is 5.82 Å². The van der Waals surface area contributed by atoms with Gasteiger partial charge in [0.05, 0.1) is 11.6 Å². The molecule has 0 saturated carbocycles. The lowest BCUT2D eigenvalue weighted by molar-refractivity contribution is 0.0983. The van der Waals surface area contributed by atoms with Gasteiger partial charge in [-0.05, 0) is 41.8 Å². The van der Waals surface area contributed by atoms with Gasteiger partial charge in [-0.1, -0.05) is 11.6 Å². The van der Waals surface area contributed by atoms with Crippen LogP contribution in [-0.4, -0.2) is 41.7 Å². The van der Waals surface area contributed by atoms with Crippen LogP contribution in [0, 0.1) is 0 Å². The van der Waals surface area contributed by atoms with E-state index >= 15 is 0 Å². The summed E-state index contributed by atoms with van der Waals surface area (Å²) < 4.78 is 5.85. The zero-order chi connectivity index (χ0) is 14.5. The van der Waals surface area contributed by atoms with Crippen molar-refractivity contribution < 1.29 is 9.53 Å². The molecular weight excluding hydrogens is 346 g/mol. The van der Waals surface area contributed by atoms with E-state index in [1.165, 1.54) is 0 Å². The zero-order valence-electron chi connectivity index (χ0n) is 11.2. The quantitative estimate of drug-likeness (QED) is 0.893. The number of piperidine rings is 1. The molecule has 0 radical (unpaired) electrons. The SMILES string of the molecule is CCOC(=O)N1CCC(Nc2ncc(Br)cc2Cl)CC1. The number of pyridine rings is 1. The van der Waals surface area contributed by atoms with Gasteiger partial charge in [0.15, 0.2) is 0 Å². The molecule has 0 unspecified atom stereocenters. The van der Waals surface area contributed by atoms with E-state index in [2.05, 4.69) is 26.2 Å². The number of likely N-dealkylation sites (tertiary alicyclic amines) is 1. The van der Waals surface area contributed by atoms with Gasteiger partial charge in [-0.15, -0.1) is 0 Å². The van der Waals surface area contributed by atoms with Crippen molar-refractivity contribution in [1.82, 2.24) is 9.88 Å². The number of hydrogen-bond donors (Lipinski definition) is 1. The van der Waals surface area contributed by atoms with Crippen LogP contribution in [0.1, 0.15) is 19.8 Å². The molecule has 1 saturated heterocycles. The van der Waals surface area contributed by atoms with Crippen molar-refractivity contribution in [2.75, 3.05) is 25.0 Å². The third-order valence-electron chi connectivity index (χ3n) is 3.17. The van der Waals surface area contributed by atoms with Gasteiger partial charge in [0, 0.05) is 29.8 Å². The number of hydrogen-bond acceptors (Lipinski definition) is 4. The first-order valence-corrected chi connectivity index (χ1v) is 7.76. The molecule has 7 heteroatoms. The monoisotopic (exact) mass is 361 g/mol. The Kier molecular flexibility index (Phi) is 5.48. The van der Waals surface area contributed by atoms with Gasteiger partial charge in [-0.3, -0.25) is 0 Å². The minimum atomic E-state index is -0.231. The molecule has 1 fully saturated rings. The zero-order valence-corrected chi connectivity index (χ0v) is 13.6. The summed E-state index contributed by atoms with van der Waals surface area (Å²) in [6, 6.07) is 2.08. The first-order valence-electron chi connectivity index (χ1n) is 6.59. The molecule has 2 rings (SSSR count). The molecule has 0 atom stereocenters. The summed E-state index contributed by atoms with van der Waals surface area (Å²) in [6.07, 6.45) is 3.19. The fraction of sp³-hybridized carbons (Fsp3) is 0.538. The summed E-state index contributed by atoms with van der Waals surface area (Å²) in [6.45, 7) is 3.60. The Bertz CT molecular complexity index is 479. The Morgan fingerprint density at radius 2 is 2.30 bits per heavy atom. The maximum absolute atomic E-state index is 11.6. The number of carbonyl (C=O) groups is 1. The van der Waals surface area contributed by atoms with Crippen molar-refractivity contribution in [3.05, 3.63) is 21.8 Å². The number of nitrogens with one attached hydrogen (secondary N) is 1. The van der Waals surface area contributed by atoms with Crippen molar-refractivity contribution in [3.8, 4) is 0 Å². The molecule has 1 amide bonds. The smallest absolute Gasteiger partial charge is 0.409 e. The molecule has 110 valence electrons. The fourth-order valence-electron chi connectivity index (χ4n) is 2.14. The Morgan fingerprint density at radius 3 is 2.90 bits per heavy atom. The number of anilines is 1. The van der Waals surface area contributed by atoms with Crippen molar-refractivity contribution >= 4 is 39.4 Å². The largest absolute Gasteiger partial charge is 0.450 e. The molecule has 1 aliphatic rings. The van der Waals surface area contributed by atoms with E-state index in [0.717, 1.165) is 17.3 Å². The van der Waals surface area contributed by atoms with Crippen LogP contribution in [0.2, 0.25) is 5.02 Å². The highest BCUT2D eigenvalue weighted by Crippen LogP contribution is 2.25. The van der Waals surface area contributed by atoms with Crippen molar-refractivity contribution in [2.24, 2.45) is 0 Å². The highest BCUT2D eigenvalue weighted by atomic mass is 79.9. The molecule has 1 N–H and O–H groups in total. The van der Waals surface area contributed by atoms with Crippen LogP contribution in [0.15, 0.2) is 16.7 Å². The van der Waals surface area contributed by atoms with Gasteiger partial charge in [-0.2, -0.15) is 0 Å². The minimum absolute atomic E-state index is 0.231. The van der Waals surface area contributed by atoms with E-state index in [1.807, 2.05) is 13.0 Å². The molecule has 5 nitrogen and oxygen atoms in total. The number of rotatable bonds is 3. The standard InChI is InChI=1S/C13H17BrClN3O2/c1-2-20-13(19)18-5-3-10(4-6-18)17-12-11(15)7-9(14)8-16-12/h7-8,10H,2-6H2,1H3,(H,16,17). The van der Waals surface area contributed by atoms with Gasteiger partial charge in [0.2, 0.25) is 0 Å². The average Bonchev–Trinajstić information content (AvgIpc) is 2.43. The summed E-state index contributed by atoms with van der Waals surface area (Å²) >= 11 is 9.46. The van der Waals surface area contributed by atoms with Gasteiger partial charge in [-0.25, -0.2) is 9.78 Å². The highest BCUT2D eigenvalue weighted by molar-refractivity contribution is 9.10. The predicted octanol–water partition coefficient (Wildman–Crippen LogP) is 3.53. The number of ether oxygens (including phenoxy) is 1. The second-order valence-electron chi connectivity index (χ2n) is 4.59. The Labute approximate surface area is 131 Å². The average molecular weight is 363 g/mol. The van der Waals surface area contributed by atoms with E-state index < -0.39 is 0 Å². The summed E-state index contributed by atoms with van der Waals surface area (Å²) in [5, 5.41) is 3.92. The maximum Gasteiger partial charge on any atom is 0.409 e. The van der Waals surface area contributed by atoms with E-state index in [4.69, 9.17) is 16.3 Å². The van der Waals surface area contributed by atoms with E-state index in [9.17, 15) is 4.79 Å². The first kappa shape index (κ1) is 15.4. The number of carbonyl (C=O) groups excluding carboxylic acids is 1. The second-order valence-corrected chi connectivity index (χ2v) is 5.91. The molecule has 0 aromatic carbocycles. The molecule has 2 heterocycles.